The van der Waals surface area contributed by atoms with E-state index in [0.717, 1.165) is 11.1 Å². The number of H-pyrrole nitrogens is 1. The van der Waals surface area contributed by atoms with Crippen LogP contribution in [0, 0.1) is 6.92 Å². The monoisotopic (exact) mass is 482 g/mol. The van der Waals surface area contributed by atoms with Crippen molar-refractivity contribution in [3.05, 3.63) is 98.8 Å². The summed E-state index contributed by atoms with van der Waals surface area (Å²) in [6, 6.07) is 17.2. The lowest BCUT2D eigenvalue weighted by Crippen LogP contribution is -2.23. The maximum absolute atomic E-state index is 13.0. The number of hydrogen-bond donors (Lipinski definition) is 3. The minimum atomic E-state index is -4.26. The van der Waals surface area contributed by atoms with Crippen LogP contribution in [0.2, 0.25) is 5.02 Å². The predicted molar refractivity (Wildman–Crippen MR) is 125 cm³/mol. The van der Waals surface area contributed by atoms with Crippen LogP contribution in [0.25, 0.3) is 10.9 Å². The third kappa shape index (κ3) is 4.35. The van der Waals surface area contributed by atoms with Crippen LogP contribution in [0.5, 0.6) is 5.75 Å². The molecule has 33 heavy (non-hydrogen) atoms. The summed E-state index contributed by atoms with van der Waals surface area (Å²) in [5.41, 5.74) is 0.968. The summed E-state index contributed by atoms with van der Waals surface area (Å²) in [4.78, 5) is 26.9. The van der Waals surface area contributed by atoms with Gasteiger partial charge in [0.05, 0.1) is 10.4 Å². The SMILES string of the molecule is Cc1ccc(S(=O)(=O)c2c(O)c3ccc(C(=O)NCc4ccccc4Cl)cc3[nH]c2=O)cc1. The molecule has 168 valence electrons. The van der Waals surface area contributed by atoms with E-state index in [1.165, 1.54) is 30.3 Å². The van der Waals surface area contributed by atoms with Gasteiger partial charge in [0.25, 0.3) is 11.5 Å². The number of sulfone groups is 1. The minimum absolute atomic E-state index is 0.0999. The number of carbonyl (C=O) groups is 1. The summed E-state index contributed by atoms with van der Waals surface area (Å²) in [6.45, 7) is 2.00. The van der Waals surface area contributed by atoms with Crippen LogP contribution < -0.4 is 10.9 Å². The van der Waals surface area contributed by atoms with E-state index >= 15 is 0 Å². The van der Waals surface area contributed by atoms with E-state index in [-0.39, 0.29) is 27.9 Å². The van der Waals surface area contributed by atoms with Crippen molar-refractivity contribution in [1.82, 2.24) is 10.3 Å². The predicted octanol–water partition coefficient (Wildman–Crippen LogP) is 3.96. The zero-order chi connectivity index (χ0) is 23.8. The highest BCUT2D eigenvalue weighted by Crippen LogP contribution is 2.32. The van der Waals surface area contributed by atoms with Crippen LogP contribution in [-0.2, 0) is 16.4 Å². The van der Waals surface area contributed by atoms with Crippen LogP contribution in [0.15, 0.2) is 81.3 Å². The van der Waals surface area contributed by atoms with Gasteiger partial charge in [0.1, 0.15) is 5.75 Å². The molecule has 0 aliphatic rings. The van der Waals surface area contributed by atoms with Gasteiger partial charge in [0.2, 0.25) is 9.84 Å². The van der Waals surface area contributed by atoms with Gasteiger partial charge in [-0.25, -0.2) is 8.42 Å². The van der Waals surface area contributed by atoms with Crippen LogP contribution in [0.1, 0.15) is 21.5 Å². The molecular formula is C24H19ClN2O5S. The number of aromatic nitrogens is 1. The zero-order valence-corrected chi connectivity index (χ0v) is 19.0. The molecule has 0 atom stereocenters. The van der Waals surface area contributed by atoms with Crippen molar-refractivity contribution < 1.29 is 18.3 Å². The fourth-order valence-electron chi connectivity index (χ4n) is 3.41. The molecule has 0 spiro atoms. The van der Waals surface area contributed by atoms with E-state index in [1.807, 2.05) is 0 Å². The van der Waals surface area contributed by atoms with Gasteiger partial charge in [-0.15, -0.1) is 0 Å². The second-order valence-electron chi connectivity index (χ2n) is 7.48. The molecule has 0 radical (unpaired) electrons. The Morgan fingerprint density at radius 3 is 2.45 bits per heavy atom. The van der Waals surface area contributed by atoms with E-state index < -0.39 is 31.9 Å². The molecule has 4 rings (SSSR count). The first-order valence-corrected chi connectivity index (χ1v) is 11.8. The first kappa shape index (κ1) is 22.6. The molecule has 4 aromatic rings. The van der Waals surface area contributed by atoms with Crippen LogP contribution in [-0.4, -0.2) is 24.4 Å². The fourth-order valence-corrected chi connectivity index (χ4v) is 5.00. The number of pyridine rings is 1. The zero-order valence-electron chi connectivity index (χ0n) is 17.4. The molecule has 0 aliphatic heterocycles. The number of aromatic hydroxyl groups is 1. The van der Waals surface area contributed by atoms with E-state index in [9.17, 15) is 23.1 Å². The normalized spacial score (nSPS) is 11.5. The van der Waals surface area contributed by atoms with Crippen molar-refractivity contribution in [3.8, 4) is 5.75 Å². The molecule has 0 aliphatic carbocycles. The standard InChI is InChI=1S/C24H19ClN2O5S/c1-14-6-9-17(10-7-14)33(31,32)22-21(28)18-11-8-15(12-20(18)27-24(22)30)23(29)26-13-16-4-2-3-5-19(16)25/h2-12H,13H2,1H3,(H,26,29)(H2,27,28,30). The molecule has 1 heterocycles. The molecular weight excluding hydrogens is 464 g/mol. The quantitative estimate of drug-likeness (QED) is 0.398. The van der Waals surface area contributed by atoms with Crippen molar-refractivity contribution in [1.29, 1.82) is 0 Å². The Balaban J connectivity index is 1.69. The van der Waals surface area contributed by atoms with Gasteiger partial charge in [-0.05, 0) is 48.9 Å². The number of hydrogen-bond acceptors (Lipinski definition) is 5. The lowest BCUT2D eigenvalue weighted by molar-refractivity contribution is 0.0951. The Morgan fingerprint density at radius 1 is 1.06 bits per heavy atom. The van der Waals surface area contributed by atoms with E-state index in [4.69, 9.17) is 11.6 Å². The maximum Gasteiger partial charge on any atom is 0.271 e. The van der Waals surface area contributed by atoms with Gasteiger partial charge in [-0.2, -0.15) is 0 Å². The number of amides is 1. The topological polar surface area (TPSA) is 116 Å². The number of nitrogens with one attached hydrogen (secondary N) is 2. The molecule has 3 N–H and O–H groups in total. The van der Waals surface area contributed by atoms with Gasteiger partial charge in [0.15, 0.2) is 4.90 Å². The molecule has 0 saturated carbocycles. The molecule has 1 aromatic heterocycles. The van der Waals surface area contributed by atoms with Crippen molar-refractivity contribution in [2.75, 3.05) is 0 Å². The Morgan fingerprint density at radius 2 is 1.76 bits per heavy atom. The highest BCUT2D eigenvalue weighted by molar-refractivity contribution is 7.91. The van der Waals surface area contributed by atoms with Crippen molar-refractivity contribution >= 4 is 38.2 Å². The highest BCUT2D eigenvalue weighted by atomic mass is 35.5. The van der Waals surface area contributed by atoms with Crippen molar-refractivity contribution in [2.45, 2.75) is 23.3 Å². The van der Waals surface area contributed by atoms with Gasteiger partial charge < -0.3 is 15.4 Å². The van der Waals surface area contributed by atoms with E-state index in [2.05, 4.69) is 10.3 Å². The lowest BCUT2D eigenvalue weighted by Gasteiger charge is -2.11. The van der Waals surface area contributed by atoms with Crippen molar-refractivity contribution in [2.24, 2.45) is 0 Å². The number of fused-ring (bicyclic) bond motifs is 1. The average molecular weight is 483 g/mol. The molecule has 7 nitrogen and oxygen atoms in total. The first-order chi connectivity index (χ1) is 15.7. The summed E-state index contributed by atoms with van der Waals surface area (Å²) in [5, 5.41) is 14.0. The lowest BCUT2D eigenvalue weighted by atomic mass is 10.1. The number of aryl methyl sites for hydroxylation is 1. The van der Waals surface area contributed by atoms with E-state index in [1.54, 1.807) is 43.3 Å². The number of rotatable bonds is 5. The molecule has 0 unspecified atom stereocenters. The van der Waals surface area contributed by atoms with Crippen molar-refractivity contribution in [3.63, 3.8) is 0 Å². The van der Waals surface area contributed by atoms with Gasteiger partial charge in [0, 0.05) is 22.5 Å². The summed E-state index contributed by atoms with van der Waals surface area (Å²) < 4.78 is 26.0. The fraction of sp³-hybridized carbons (Fsp3) is 0.0833. The third-order valence-corrected chi connectivity index (χ3v) is 7.38. The number of halogens is 1. The maximum atomic E-state index is 13.0. The smallest absolute Gasteiger partial charge is 0.271 e. The number of aromatic amines is 1. The van der Waals surface area contributed by atoms with Gasteiger partial charge >= 0.3 is 0 Å². The van der Waals surface area contributed by atoms with Gasteiger partial charge in [-0.1, -0.05) is 47.5 Å². The molecule has 0 bridgehead atoms. The summed E-state index contributed by atoms with van der Waals surface area (Å²) in [6.07, 6.45) is 0. The second kappa shape index (κ2) is 8.73. The van der Waals surface area contributed by atoms with Gasteiger partial charge in [-0.3, -0.25) is 9.59 Å². The highest BCUT2D eigenvalue weighted by Gasteiger charge is 2.27. The third-order valence-electron chi connectivity index (χ3n) is 5.20. The Bertz CT molecular complexity index is 1540. The molecule has 1 amide bonds. The van der Waals surface area contributed by atoms with E-state index in [0.29, 0.717) is 5.02 Å². The summed E-state index contributed by atoms with van der Waals surface area (Å²) in [7, 11) is -4.26. The van der Waals surface area contributed by atoms with Crippen LogP contribution in [0.3, 0.4) is 0 Å². The number of benzene rings is 3. The Hall–Kier alpha value is -3.62. The average Bonchev–Trinajstić information content (AvgIpc) is 2.78. The first-order valence-electron chi connectivity index (χ1n) is 9.91. The summed E-state index contributed by atoms with van der Waals surface area (Å²) >= 11 is 6.10. The molecule has 3 aromatic carbocycles. The largest absolute Gasteiger partial charge is 0.506 e. The molecule has 0 fully saturated rings. The molecule has 9 heteroatoms. The Labute approximate surface area is 194 Å². The van der Waals surface area contributed by atoms with Crippen LogP contribution in [0.4, 0.5) is 0 Å². The van der Waals surface area contributed by atoms with Crippen LogP contribution >= 0.6 is 11.6 Å². The Kier molecular flexibility index (Phi) is 5.97. The number of carbonyl (C=O) groups excluding carboxylic acids is 1. The minimum Gasteiger partial charge on any atom is -0.506 e. The summed E-state index contributed by atoms with van der Waals surface area (Å²) in [5.74, 6) is -1.09. The second-order valence-corrected chi connectivity index (χ2v) is 9.78. The molecule has 0 saturated heterocycles.